The molecule has 6 heteroatoms. The topological polar surface area (TPSA) is 78.9 Å². The molecule has 0 aromatic carbocycles. The van der Waals surface area contributed by atoms with Crippen molar-refractivity contribution in [3.05, 3.63) is 97.2 Å². The van der Waals surface area contributed by atoms with Gasteiger partial charge in [-0.05, 0) is 83.5 Å². The number of carbonyl (C=O) groups is 3. The summed E-state index contributed by atoms with van der Waals surface area (Å²) in [6.07, 6.45) is 68.1. The monoisotopic (exact) mass is 889 g/mol. The van der Waals surface area contributed by atoms with E-state index in [1.165, 1.54) is 77.0 Å². The van der Waals surface area contributed by atoms with Crippen molar-refractivity contribution in [2.24, 2.45) is 0 Å². The van der Waals surface area contributed by atoms with Gasteiger partial charge >= 0.3 is 17.9 Å². The molecule has 0 rings (SSSR count). The van der Waals surface area contributed by atoms with Gasteiger partial charge in [0, 0.05) is 19.3 Å². The maximum Gasteiger partial charge on any atom is 0.306 e. The van der Waals surface area contributed by atoms with Crippen molar-refractivity contribution in [1.82, 2.24) is 0 Å². The number of carbonyl (C=O) groups excluding carboxylic acids is 3. The van der Waals surface area contributed by atoms with Gasteiger partial charge in [0.05, 0.1) is 0 Å². The lowest BCUT2D eigenvalue weighted by atomic mass is 10.0. The van der Waals surface area contributed by atoms with Crippen LogP contribution in [-0.4, -0.2) is 37.2 Å². The fourth-order valence-electron chi connectivity index (χ4n) is 7.00. The van der Waals surface area contributed by atoms with Crippen LogP contribution in [0.25, 0.3) is 0 Å². The molecule has 64 heavy (non-hydrogen) atoms. The average Bonchev–Trinajstić information content (AvgIpc) is 3.29. The third-order valence-electron chi connectivity index (χ3n) is 10.9. The molecule has 0 aliphatic carbocycles. The summed E-state index contributed by atoms with van der Waals surface area (Å²) in [7, 11) is 0. The minimum atomic E-state index is -0.796. The molecule has 0 aromatic heterocycles. The molecular formula is C58H96O6. The van der Waals surface area contributed by atoms with E-state index in [-0.39, 0.29) is 31.1 Å². The van der Waals surface area contributed by atoms with Gasteiger partial charge in [0.1, 0.15) is 13.2 Å². The first kappa shape index (κ1) is 60.3. The van der Waals surface area contributed by atoms with E-state index in [1.54, 1.807) is 0 Å². The van der Waals surface area contributed by atoms with Gasteiger partial charge in [0.2, 0.25) is 0 Å². The highest BCUT2D eigenvalue weighted by Gasteiger charge is 2.19. The molecule has 0 saturated heterocycles. The van der Waals surface area contributed by atoms with Crippen molar-refractivity contribution in [2.45, 2.75) is 239 Å². The van der Waals surface area contributed by atoms with E-state index in [4.69, 9.17) is 14.2 Å². The van der Waals surface area contributed by atoms with E-state index in [9.17, 15) is 14.4 Å². The van der Waals surface area contributed by atoms with Gasteiger partial charge in [-0.3, -0.25) is 14.4 Å². The Balaban J connectivity index is 4.45. The molecule has 0 aliphatic rings. The van der Waals surface area contributed by atoms with E-state index < -0.39 is 6.10 Å². The zero-order chi connectivity index (χ0) is 46.5. The lowest BCUT2D eigenvalue weighted by molar-refractivity contribution is -0.167. The Kier molecular flexibility index (Phi) is 49.0. The Morgan fingerprint density at radius 3 is 1.14 bits per heavy atom. The molecule has 0 radical (unpaired) electrons. The van der Waals surface area contributed by atoms with E-state index in [0.717, 1.165) is 116 Å². The Morgan fingerprint density at radius 1 is 0.344 bits per heavy atom. The number of ether oxygens (including phenoxy) is 3. The van der Waals surface area contributed by atoms with Crippen molar-refractivity contribution in [3.8, 4) is 0 Å². The number of esters is 3. The second kappa shape index (κ2) is 52.0. The number of rotatable bonds is 46. The SMILES string of the molecule is CC\C=C/C=C\C=C/CCCCCCCCCC(=O)OC(COC(=O)CCCCC/C=C\C/C=C\C/C=C\C/C=C\C/C=C\CC)COC(=O)CCCCCCCCCCCCCC. The van der Waals surface area contributed by atoms with E-state index in [0.29, 0.717) is 19.3 Å². The van der Waals surface area contributed by atoms with Crippen LogP contribution in [0.1, 0.15) is 233 Å². The molecule has 6 nitrogen and oxygen atoms in total. The van der Waals surface area contributed by atoms with Gasteiger partial charge in [0.25, 0.3) is 0 Å². The molecule has 364 valence electrons. The molecular weight excluding hydrogens is 793 g/mol. The van der Waals surface area contributed by atoms with Crippen LogP contribution in [0, 0.1) is 0 Å². The summed E-state index contributed by atoms with van der Waals surface area (Å²) in [5.41, 5.74) is 0. The van der Waals surface area contributed by atoms with Crippen LogP contribution in [0.4, 0.5) is 0 Å². The van der Waals surface area contributed by atoms with Gasteiger partial charge in [-0.15, -0.1) is 0 Å². The molecule has 0 spiro atoms. The molecule has 0 saturated carbocycles. The van der Waals surface area contributed by atoms with Gasteiger partial charge < -0.3 is 14.2 Å². The number of hydrogen-bond donors (Lipinski definition) is 0. The van der Waals surface area contributed by atoms with Crippen molar-refractivity contribution in [2.75, 3.05) is 13.2 Å². The highest BCUT2D eigenvalue weighted by atomic mass is 16.6. The maximum atomic E-state index is 12.8. The summed E-state index contributed by atoms with van der Waals surface area (Å²) in [4.78, 5) is 38.0. The van der Waals surface area contributed by atoms with Gasteiger partial charge in [-0.25, -0.2) is 0 Å². The Hall–Kier alpha value is -3.67. The first-order valence-corrected chi connectivity index (χ1v) is 26.3. The van der Waals surface area contributed by atoms with Crippen LogP contribution in [-0.2, 0) is 28.6 Å². The van der Waals surface area contributed by atoms with Crippen molar-refractivity contribution >= 4 is 17.9 Å². The third kappa shape index (κ3) is 49.3. The van der Waals surface area contributed by atoms with Gasteiger partial charge in [0.15, 0.2) is 6.10 Å². The number of allylic oxidation sites excluding steroid dienone is 16. The maximum absolute atomic E-state index is 12.8. The highest BCUT2D eigenvalue weighted by molar-refractivity contribution is 5.71. The predicted molar refractivity (Wildman–Crippen MR) is 274 cm³/mol. The second-order valence-electron chi connectivity index (χ2n) is 17.1. The van der Waals surface area contributed by atoms with Crippen LogP contribution in [0.3, 0.4) is 0 Å². The number of unbranched alkanes of at least 4 members (excludes halogenated alkanes) is 21. The molecule has 0 aromatic rings. The van der Waals surface area contributed by atoms with Crippen molar-refractivity contribution in [3.63, 3.8) is 0 Å². The minimum absolute atomic E-state index is 0.0925. The fraction of sp³-hybridized carbons (Fsp3) is 0.672. The first-order valence-electron chi connectivity index (χ1n) is 26.3. The Morgan fingerprint density at radius 2 is 0.688 bits per heavy atom. The predicted octanol–water partition coefficient (Wildman–Crippen LogP) is 17.4. The van der Waals surface area contributed by atoms with Gasteiger partial charge in [-0.1, -0.05) is 227 Å². The molecule has 0 heterocycles. The van der Waals surface area contributed by atoms with Crippen LogP contribution >= 0.6 is 0 Å². The van der Waals surface area contributed by atoms with Crippen LogP contribution in [0.5, 0.6) is 0 Å². The molecule has 0 bridgehead atoms. The van der Waals surface area contributed by atoms with E-state index in [2.05, 4.69) is 118 Å². The molecule has 0 aliphatic heterocycles. The highest BCUT2D eigenvalue weighted by Crippen LogP contribution is 2.14. The molecule has 0 fully saturated rings. The lowest BCUT2D eigenvalue weighted by Crippen LogP contribution is -2.30. The summed E-state index contributed by atoms with van der Waals surface area (Å²) in [5, 5.41) is 0. The van der Waals surface area contributed by atoms with Crippen LogP contribution in [0.2, 0.25) is 0 Å². The number of hydrogen-bond acceptors (Lipinski definition) is 6. The summed E-state index contributed by atoms with van der Waals surface area (Å²) >= 11 is 0. The van der Waals surface area contributed by atoms with Crippen molar-refractivity contribution < 1.29 is 28.6 Å². The van der Waals surface area contributed by atoms with Gasteiger partial charge in [-0.2, -0.15) is 0 Å². The minimum Gasteiger partial charge on any atom is -0.462 e. The van der Waals surface area contributed by atoms with Crippen molar-refractivity contribution in [1.29, 1.82) is 0 Å². The quantitative estimate of drug-likeness (QED) is 0.0199. The normalized spacial score (nSPS) is 12.9. The second-order valence-corrected chi connectivity index (χ2v) is 17.1. The van der Waals surface area contributed by atoms with Crippen LogP contribution < -0.4 is 0 Å². The smallest absolute Gasteiger partial charge is 0.306 e. The summed E-state index contributed by atoms with van der Waals surface area (Å²) in [5.74, 6) is -0.940. The zero-order valence-electron chi connectivity index (χ0n) is 41.5. The first-order chi connectivity index (χ1) is 31.5. The molecule has 1 unspecified atom stereocenters. The van der Waals surface area contributed by atoms with E-state index in [1.807, 2.05) is 0 Å². The largest absolute Gasteiger partial charge is 0.462 e. The average molecular weight is 889 g/mol. The van der Waals surface area contributed by atoms with E-state index >= 15 is 0 Å². The third-order valence-corrected chi connectivity index (χ3v) is 10.9. The lowest BCUT2D eigenvalue weighted by Gasteiger charge is -2.18. The molecule has 0 N–H and O–H groups in total. The Labute approximate surface area is 394 Å². The standard InChI is InChI=1S/C58H96O6/c1-4-7-10-13-16-19-22-25-27-28-29-30-32-33-36-39-42-45-48-51-57(60)63-54-55(53-62-56(59)50-47-44-41-38-35-24-21-18-15-12-9-6-3)64-58(61)52-49-46-43-40-37-34-31-26-23-20-17-14-11-8-5-2/h7-8,10-11,14,16-17,19-20,23,25,27,29-30,33,36,55H,4-6,9,12-13,15,18,21-22,24,26,28,31-32,34-35,37-54H2,1-3H3/b10-7-,11-8-,17-14-,19-16-,23-20-,27-25-,30-29-,36-33-. The summed E-state index contributed by atoms with van der Waals surface area (Å²) in [6.45, 7) is 6.35. The summed E-state index contributed by atoms with van der Waals surface area (Å²) in [6, 6.07) is 0. The Bertz CT molecular complexity index is 1300. The molecule has 0 amide bonds. The molecule has 1 atom stereocenters. The fourth-order valence-corrected chi connectivity index (χ4v) is 7.00. The zero-order valence-corrected chi connectivity index (χ0v) is 41.5. The van der Waals surface area contributed by atoms with Crippen LogP contribution in [0.15, 0.2) is 97.2 Å². The summed E-state index contributed by atoms with van der Waals surface area (Å²) < 4.78 is 16.8.